The van der Waals surface area contributed by atoms with Crippen molar-refractivity contribution in [1.82, 2.24) is 10.2 Å². The molecule has 0 bridgehead atoms. The molecule has 2 aromatic carbocycles. The minimum Gasteiger partial charge on any atom is -0.467 e. The summed E-state index contributed by atoms with van der Waals surface area (Å²) < 4.78 is 5.22. The van der Waals surface area contributed by atoms with Gasteiger partial charge in [0.1, 0.15) is 17.6 Å². The Morgan fingerprint density at radius 1 is 1.03 bits per heavy atom. The first-order valence-electron chi connectivity index (χ1n) is 10.7. The molecule has 9 heteroatoms. The van der Waals surface area contributed by atoms with Gasteiger partial charge in [0.15, 0.2) is 11.0 Å². The average Bonchev–Trinajstić information content (AvgIpc) is 3.50. The van der Waals surface area contributed by atoms with E-state index in [4.69, 9.17) is 4.42 Å². The van der Waals surface area contributed by atoms with E-state index in [1.807, 2.05) is 42.5 Å². The van der Waals surface area contributed by atoms with Crippen LogP contribution in [0.15, 0.2) is 87.4 Å². The molecule has 2 aliphatic heterocycles. The highest BCUT2D eigenvalue weighted by atomic mass is 32.2. The number of aliphatic imine (C=N–C) groups is 2. The zero-order valence-corrected chi connectivity index (χ0v) is 18.8. The summed E-state index contributed by atoms with van der Waals surface area (Å²) >= 11 is 1.19. The molecule has 0 spiro atoms. The third-order valence-corrected chi connectivity index (χ3v) is 6.33. The summed E-state index contributed by atoms with van der Waals surface area (Å²) in [6.07, 6.45) is 1.44. The van der Waals surface area contributed by atoms with E-state index < -0.39 is 6.04 Å². The van der Waals surface area contributed by atoms with E-state index in [2.05, 4.69) is 15.3 Å². The fourth-order valence-electron chi connectivity index (χ4n) is 3.72. The number of para-hydroxylation sites is 1. The van der Waals surface area contributed by atoms with Gasteiger partial charge in [-0.2, -0.15) is 0 Å². The second-order valence-corrected chi connectivity index (χ2v) is 8.63. The number of hydrogen-bond acceptors (Lipinski definition) is 7. The number of carbonyl (C=O) groups is 3. The molecule has 170 valence electrons. The molecule has 2 aliphatic rings. The predicted molar refractivity (Wildman–Crippen MR) is 129 cm³/mol. The van der Waals surface area contributed by atoms with Crippen LogP contribution >= 0.6 is 11.8 Å². The lowest BCUT2D eigenvalue weighted by atomic mass is 10.1. The van der Waals surface area contributed by atoms with Gasteiger partial charge in [0.2, 0.25) is 5.91 Å². The smallest absolute Gasteiger partial charge is 0.259 e. The third kappa shape index (κ3) is 4.42. The zero-order valence-electron chi connectivity index (χ0n) is 18.0. The lowest BCUT2D eigenvalue weighted by Crippen LogP contribution is -2.42. The number of hydrogen-bond donors (Lipinski definition) is 1. The molecular formula is C25H20N4O4S. The number of fused-ring (bicyclic) bond motifs is 3. The van der Waals surface area contributed by atoms with Crippen LogP contribution in [0.1, 0.15) is 28.1 Å². The van der Waals surface area contributed by atoms with Crippen molar-refractivity contribution in [1.29, 1.82) is 0 Å². The standard InChI is InChI=1S/C25H20N4O4S/c30-21(16-7-2-1-3-8-16)15-34-25-28-19-11-5-4-10-18(19)23-27-20(24(32)29(23)25)13-22(31)26-14-17-9-6-12-33-17/h1-12,20H,13-15H2,(H,26,31)/t20-/m0/s1. The largest absolute Gasteiger partial charge is 0.467 e. The van der Waals surface area contributed by atoms with E-state index in [0.717, 1.165) is 0 Å². The van der Waals surface area contributed by atoms with Crippen molar-refractivity contribution in [2.45, 2.75) is 19.0 Å². The molecule has 2 amide bonds. The van der Waals surface area contributed by atoms with Crippen LogP contribution in [-0.2, 0) is 16.1 Å². The lowest BCUT2D eigenvalue weighted by Gasteiger charge is -2.25. The number of carbonyl (C=O) groups excluding carboxylic acids is 3. The van der Waals surface area contributed by atoms with Crippen molar-refractivity contribution in [2.75, 3.05) is 5.75 Å². The van der Waals surface area contributed by atoms with Crippen molar-refractivity contribution in [3.8, 4) is 0 Å². The van der Waals surface area contributed by atoms with E-state index in [0.29, 0.717) is 33.6 Å². The number of Topliss-reactive ketones (excluding diaryl/α,β-unsaturated/α-hetero) is 1. The van der Waals surface area contributed by atoms with Crippen molar-refractivity contribution in [3.63, 3.8) is 0 Å². The minimum atomic E-state index is -0.867. The van der Waals surface area contributed by atoms with Crippen LogP contribution in [0.5, 0.6) is 0 Å². The normalized spacial score (nSPS) is 16.4. The first-order chi connectivity index (χ1) is 16.6. The molecule has 0 fully saturated rings. The van der Waals surface area contributed by atoms with Crippen molar-refractivity contribution in [2.24, 2.45) is 9.98 Å². The summed E-state index contributed by atoms with van der Waals surface area (Å²) in [6.45, 7) is 0.236. The van der Waals surface area contributed by atoms with Crippen LogP contribution in [0.25, 0.3) is 0 Å². The molecule has 1 N–H and O–H groups in total. The fraction of sp³-hybridized carbons (Fsp3) is 0.160. The number of furan rings is 1. The topological polar surface area (TPSA) is 104 Å². The molecule has 0 saturated carbocycles. The molecule has 3 heterocycles. The minimum absolute atomic E-state index is 0.0638. The maximum absolute atomic E-state index is 13.3. The summed E-state index contributed by atoms with van der Waals surface area (Å²) in [5, 5.41) is 3.13. The maximum Gasteiger partial charge on any atom is 0.259 e. The second-order valence-electron chi connectivity index (χ2n) is 7.69. The van der Waals surface area contributed by atoms with Crippen LogP contribution in [0.2, 0.25) is 0 Å². The first kappa shape index (κ1) is 21.8. The Morgan fingerprint density at radius 2 is 1.82 bits per heavy atom. The molecule has 0 radical (unpaired) electrons. The summed E-state index contributed by atoms with van der Waals surface area (Å²) in [7, 11) is 0. The van der Waals surface area contributed by atoms with Gasteiger partial charge in [0.25, 0.3) is 5.91 Å². The van der Waals surface area contributed by atoms with Crippen molar-refractivity contribution >= 4 is 46.1 Å². The number of thioether (sulfide) groups is 1. The Kier molecular flexibility index (Phi) is 6.09. The molecule has 1 atom stereocenters. The fourth-order valence-corrected chi connectivity index (χ4v) is 4.61. The van der Waals surface area contributed by atoms with Crippen molar-refractivity contribution in [3.05, 3.63) is 89.9 Å². The average molecular weight is 473 g/mol. The van der Waals surface area contributed by atoms with E-state index >= 15 is 0 Å². The molecule has 3 aromatic rings. The van der Waals surface area contributed by atoms with E-state index in [9.17, 15) is 14.4 Å². The van der Waals surface area contributed by atoms with Crippen LogP contribution in [-0.4, -0.2) is 45.3 Å². The van der Waals surface area contributed by atoms with Gasteiger partial charge in [-0.25, -0.2) is 9.89 Å². The zero-order chi connectivity index (χ0) is 23.5. The molecule has 1 aromatic heterocycles. The third-order valence-electron chi connectivity index (χ3n) is 5.39. The van der Waals surface area contributed by atoms with Crippen LogP contribution in [0, 0.1) is 0 Å². The number of ketones is 1. The Morgan fingerprint density at radius 3 is 2.62 bits per heavy atom. The first-order valence-corrected chi connectivity index (χ1v) is 11.7. The van der Waals surface area contributed by atoms with Gasteiger partial charge in [-0.3, -0.25) is 19.4 Å². The van der Waals surface area contributed by atoms with Gasteiger partial charge in [0, 0.05) is 11.1 Å². The number of amidine groups is 2. The second kappa shape index (κ2) is 9.48. The van der Waals surface area contributed by atoms with Gasteiger partial charge in [-0.05, 0) is 24.3 Å². The van der Waals surface area contributed by atoms with E-state index in [1.165, 1.54) is 22.9 Å². The Hall–Kier alpha value is -3.98. The number of nitrogens with one attached hydrogen (secondary N) is 1. The van der Waals surface area contributed by atoms with E-state index in [-0.39, 0.29) is 36.3 Å². The number of amides is 2. The summed E-state index contributed by atoms with van der Waals surface area (Å²) in [5.41, 5.74) is 1.98. The molecule has 0 saturated heterocycles. The number of benzene rings is 2. The van der Waals surface area contributed by atoms with E-state index in [1.54, 1.807) is 24.3 Å². The van der Waals surface area contributed by atoms with Gasteiger partial charge in [-0.15, -0.1) is 0 Å². The summed E-state index contributed by atoms with van der Waals surface area (Å²) in [5.74, 6) is 0.489. The summed E-state index contributed by atoms with van der Waals surface area (Å²) in [4.78, 5) is 49.0. The molecule has 0 unspecified atom stereocenters. The highest BCUT2D eigenvalue weighted by Crippen LogP contribution is 2.34. The predicted octanol–water partition coefficient (Wildman–Crippen LogP) is 3.56. The molecule has 0 aliphatic carbocycles. The van der Waals surface area contributed by atoms with Crippen molar-refractivity contribution < 1.29 is 18.8 Å². The monoisotopic (exact) mass is 472 g/mol. The highest BCUT2D eigenvalue weighted by molar-refractivity contribution is 8.14. The molecule has 8 nitrogen and oxygen atoms in total. The molecular weight excluding hydrogens is 452 g/mol. The Bertz CT molecular complexity index is 1300. The van der Waals surface area contributed by atoms with Gasteiger partial charge in [0.05, 0.1) is 30.7 Å². The highest BCUT2D eigenvalue weighted by Gasteiger charge is 2.42. The number of nitrogens with zero attached hydrogens (tertiary/aromatic N) is 3. The van der Waals surface area contributed by atoms with Crippen LogP contribution in [0.3, 0.4) is 0 Å². The molecule has 5 rings (SSSR count). The number of rotatable bonds is 7. The maximum atomic E-state index is 13.3. The summed E-state index contributed by atoms with van der Waals surface area (Å²) in [6, 6.07) is 19.0. The Balaban J connectivity index is 1.33. The SMILES string of the molecule is O=C(C[C@@H]1N=C2c3ccccc3N=C(SCC(=O)c3ccccc3)N2C1=O)NCc1ccco1. The Labute approximate surface area is 199 Å². The quantitative estimate of drug-likeness (QED) is 0.530. The van der Waals surface area contributed by atoms with Crippen LogP contribution in [0.4, 0.5) is 5.69 Å². The van der Waals surface area contributed by atoms with Gasteiger partial charge >= 0.3 is 0 Å². The van der Waals surface area contributed by atoms with Crippen LogP contribution < -0.4 is 5.32 Å². The van der Waals surface area contributed by atoms with Gasteiger partial charge in [-0.1, -0.05) is 54.2 Å². The molecule has 34 heavy (non-hydrogen) atoms. The lowest BCUT2D eigenvalue weighted by molar-refractivity contribution is -0.128. The van der Waals surface area contributed by atoms with Gasteiger partial charge < -0.3 is 9.73 Å².